The van der Waals surface area contributed by atoms with E-state index in [0.29, 0.717) is 11.8 Å². The minimum atomic E-state index is 0.0386. The molecule has 4 nitrogen and oxygen atoms in total. The molecule has 0 N–H and O–H groups in total. The molecule has 0 radical (unpaired) electrons. The van der Waals surface area contributed by atoms with Gasteiger partial charge in [0, 0.05) is 16.9 Å². The highest BCUT2D eigenvalue weighted by Crippen LogP contribution is 2.30. The predicted molar refractivity (Wildman–Crippen MR) is 138 cm³/mol. The first-order chi connectivity index (χ1) is 16.0. The average molecular weight is 460 g/mol. The predicted octanol–water partition coefficient (Wildman–Crippen LogP) is 7.62. The number of nitrogens with zero attached hydrogens (tertiary/aromatic N) is 3. The van der Waals surface area contributed by atoms with Gasteiger partial charge in [0.05, 0.1) is 27.8 Å². The molecule has 0 aliphatic rings. The van der Waals surface area contributed by atoms with E-state index in [0.717, 1.165) is 35.1 Å². The summed E-state index contributed by atoms with van der Waals surface area (Å²) in [7, 11) is 0. The fraction of sp³-hybridized carbons (Fsp3) is 0.393. The highest BCUT2D eigenvalue weighted by atomic mass is 32.1. The number of para-hydroxylation sites is 2. The van der Waals surface area contributed by atoms with E-state index in [2.05, 4.69) is 43.5 Å². The van der Waals surface area contributed by atoms with Gasteiger partial charge in [0.1, 0.15) is 5.69 Å². The van der Waals surface area contributed by atoms with Crippen molar-refractivity contribution < 1.29 is 4.74 Å². The van der Waals surface area contributed by atoms with Crippen molar-refractivity contribution in [2.45, 2.75) is 71.8 Å². The Morgan fingerprint density at radius 3 is 2.30 bits per heavy atom. The number of aromatic nitrogens is 3. The van der Waals surface area contributed by atoms with Crippen molar-refractivity contribution >= 4 is 22.4 Å². The van der Waals surface area contributed by atoms with E-state index in [1.165, 1.54) is 35.5 Å². The molecule has 4 aromatic rings. The van der Waals surface area contributed by atoms with Crippen LogP contribution in [-0.4, -0.2) is 21.1 Å². The van der Waals surface area contributed by atoms with E-state index in [4.69, 9.17) is 19.7 Å². The van der Waals surface area contributed by atoms with Crippen LogP contribution in [0.25, 0.3) is 22.3 Å². The third-order valence-corrected chi connectivity index (χ3v) is 6.74. The summed E-state index contributed by atoms with van der Waals surface area (Å²) in [6.07, 6.45) is 5.73. The molecule has 0 unspecified atom stereocenters. The van der Waals surface area contributed by atoms with Crippen molar-refractivity contribution in [2.24, 2.45) is 0 Å². The number of thiazole rings is 1. The smallest absolute Gasteiger partial charge is 0.241 e. The van der Waals surface area contributed by atoms with Crippen molar-refractivity contribution in [2.75, 3.05) is 0 Å². The number of fused-ring (bicyclic) bond motifs is 1. The highest BCUT2D eigenvalue weighted by molar-refractivity contribution is 7.09. The van der Waals surface area contributed by atoms with Crippen molar-refractivity contribution in [3.63, 3.8) is 0 Å². The van der Waals surface area contributed by atoms with Gasteiger partial charge in [0.2, 0.25) is 5.88 Å². The SMILES string of the molecule is CC(C)Oc1nc2ccccc2nc1-c1cccc(CCCCCc2csc(C(C)C)n2)c1. The van der Waals surface area contributed by atoms with Gasteiger partial charge in [-0.15, -0.1) is 11.3 Å². The summed E-state index contributed by atoms with van der Waals surface area (Å²) in [5.41, 5.74) is 6.19. The second-order valence-corrected chi connectivity index (χ2v) is 10.0. The van der Waals surface area contributed by atoms with Crippen LogP contribution in [0.1, 0.15) is 69.1 Å². The van der Waals surface area contributed by atoms with Gasteiger partial charge in [0.25, 0.3) is 0 Å². The van der Waals surface area contributed by atoms with Crippen LogP contribution in [0.3, 0.4) is 0 Å². The van der Waals surface area contributed by atoms with Gasteiger partial charge in [0.15, 0.2) is 0 Å². The van der Waals surface area contributed by atoms with Gasteiger partial charge >= 0.3 is 0 Å². The summed E-state index contributed by atoms with van der Waals surface area (Å²) in [6, 6.07) is 16.6. The lowest BCUT2D eigenvalue weighted by molar-refractivity contribution is 0.234. The second-order valence-electron chi connectivity index (χ2n) is 9.13. The van der Waals surface area contributed by atoms with Crippen molar-refractivity contribution in [1.82, 2.24) is 15.0 Å². The minimum absolute atomic E-state index is 0.0386. The number of rotatable bonds is 10. The summed E-state index contributed by atoms with van der Waals surface area (Å²) in [5.74, 6) is 1.12. The Morgan fingerprint density at radius 1 is 0.818 bits per heavy atom. The van der Waals surface area contributed by atoms with Gasteiger partial charge in [-0.3, -0.25) is 0 Å². The van der Waals surface area contributed by atoms with E-state index in [1.807, 2.05) is 38.1 Å². The largest absolute Gasteiger partial charge is 0.473 e. The molecule has 172 valence electrons. The summed E-state index contributed by atoms with van der Waals surface area (Å²) in [5, 5.41) is 3.47. The lowest BCUT2D eigenvalue weighted by Crippen LogP contribution is -2.09. The molecule has 4 rings (SSSR count). The third-order valence-electron chi connectivity index (χ3n) is 5.55. The molecule has 0 aliphatic carbocycles. The molecule has 0 saturated heterocycles. The number of hydrogen-bond acceptors (Lipinski definition) is 5. The molecule has 2 heterocycles. The highest BCUT2D eigenvalue weighted by Gasteiger charge is 2.14. The maximum Gasteiger partial charge on any atom is 0.241 e. The van der Waals surface area contributed by atoms with Gasteiger partial charge in [-0.2, -0.15) is 0 Å². The Labute approximate surface area is 201 Å². The quantitative estimate of drug-likeness (QED) is 0.229. The van der Waals surface area contributed by atoms with Crippen LogP contribution in [0.4, 0.5) is 0 Å². The van der Waals surface area contributed by atoms with Crippen LogP contribution in [0.2, 0.25) is 0 Å². The Kier molecular flexibility index (Phi) is 7.71. The molecular formula is C28H33N3OS. The van der Waals surface area contributed by atoms with Crippen LogP contribution in [-0.2, 0) is 12.8 Å². The summed E-state index contributed by atoms with van der Waals surface area (Å²) < 4.78 is 6.04. The third kappa shape index (κ3) is 6.17. The molecule has 0 bridgehead atoms. The van der Waals surface area contributed by atoms with E-state index in [1.54, 1.807) is 11.3 Å². The van der Waals surface area contributed by atoms with E-state index < -0.39 is 0 Å². The normalized spacial score (nSPS) is 11.6. The fourth-order valence-corrected chi connectivity index (χ4v) is 4.74. The monoisotopic (exact) mass is 459 g/mol. The van der Waals surface area contributed by atoms with Gasteiger partial charge in [-0.25, -0.2) is 15.0 Å². The maximum absolute atomic E-state index is 6.04. The zero-order valence-electron chi connectivity index (χ0n) is 20.0. The van der Waals surface area contributed by atoms with Crippen molar-refractivity contribution in [1.29, 1.82) is 0 Å². The molecule has 0 spiro atoms. The zero-order valence-corrected chi connectivity index (χ0v) is 20.9. The van der Waals surface area contributed by atoms with E-state index >= 15 is 0 Å². The Hall–Kier alpha value is -2.79. The molecule has 0 amide bonds. The van der Waals surface area contributed by atoms with Crippen LogP contribution in [0, 0.1) is 0 Å². The Bertz CT molecular complexity index is 1200. The Morgan fingerprint density at radius 2 is 1.58 bits per heavy atom. The number of hydrogen-bond donors (Lipinski definition) is 0. The number of unbranched alkanes of at least 4 members (excludes halogenated alkanes) is 2. The van der Waals surface area contributed by atoms with Crippen LogP contribution in [0.15, 0.2) is 53.9 Å². The second kappa shape index (κ2) is 10.9. The van der Waals surface area contributed by atoms with Crippen LogP contribution < -0.4 is 4.74 Å². The lowest BCUT2D eigenvalue weighted by atomic mass is 10.0. The zero-order chi connectivity index (χ0) is 23.2. The van der Waals surface area contributed by atoms with Gasteiger partial charge < -0.3 is 4.74 Å². The van der Waals surface area contributed by atoms with Crippen molar-refractivity contribution in [3.05, 3.63) is 70.2 Å². The van der Waals surface area contributed by atoms with E-state index in [-0.39, 0.29) is 6.10 Å². The molecular weight excluding hydrogens is 426 g/mol. The average Bonchev–Trinajstić information content (AvgIpc) is 3.28. The van der Waals surface area contributed by atoms with Crippen LogP contribution in [0.5, 0.6) is 5.88 Å². The van der Waals surface area contributed by atoms with Gasteiger partial charge in [-0.05, 0) is 63.3 Å². The molecule has 2 aromatic heterocycles. The molecule has 5 heteroatoms. The van der Waals surface area contributed by atoms with Gasteiger partial charge in [-0.1, -0.05) is 50.6 Å². The summed E-state index contributed by atoms with van der Waals surface area (Å²) in [6.45, 7) is 8.45. The molecule has 2 aromatic carbocycles. The topological polar surface area (TPSA) is 47.9 Å². The molecule has 0 aliphatic heterocycles. The first kappa shape index (κ1) is 23.4. The maximum atomic E-state index is 6.04. The standard InChI is InChI=1S/C28H33N3OS/c1-19(2)28-29-23(18-33-28)14-7-5-6-11-21-12-10-13-22(17-21)26-27(32-20(3)4)31-25-16-9-8-15-24(25)30-26/h8-10,12-13,15-20H,5-7,11,14H2,1-4H3. The number of ether oxygens (including phenoxy) is 1. The minimum Gasteiger partial charge on any atom is -0.473 e. The first-order valence-corrected chi connectivity index (χ1v) is 12.8. The first-order valence-electron chi connectivity index (χ1n) is 12.0. The Balaban J connectivity index is 1.41. The summed E-state index contributed by atoms with van der Waals surface area (Å²) >= 11 is 1.79. The lowest BCUT2D eigenvalue weighted by Gasteiger charge is -2.14. The number of aryl methyl sites for hydroxylation is 2. The van der Waals surface area contributed by atoms with Crippen molar-refractivity contribution in [3.8, 4) is 17.1 Å². The van der Waals surface area contributed by atoms with Crippen LogP contribution >= 0.6 is 11.3 Å². The summed E-state index contributed by atoms with van der Waals surface area (Å²) in [4.78, 5) is 14.4. The molecule has 0 atom stereocenters. The van der Waals surface area contributed by atoms with E-state index in [9.17, 15) is 0 Å². The molecule has 33 heavy (non-hydrogen) atoms. The number of benzene rings is 2. The molecule has 0 saturated carbocycles. The molecule has 0 fully saturated rings. The fourth-order valence-electron chi connectivity index (χ4n) is 3.87.